The smallest absolute Gasteiger partial charge is 0.217 e. The number of pyridine rings is 2. The molecule has 3 aromatic heterocycles. The quantitative estimate of drug-likeness (QED) is 0.385. The Bertz CT molecular complexity index is 1220. The lowest BCUT2D eigenvalue weighted by Gasteiger charge is -2.26. The van der Waals surface area contributed by atoms with Gasteiger partial charge in [0.1, 0.15) is 17.3 Å². The number of fused-ring (bicyclic) bond motifs is 1. The van der Waals surface area contributed by atoms with Crippen LogP contribution in [0.2, 0.25) is 0 Å². The van der Waals surface area contributed by atoms with Crippen molar-refractivity contribution in [3.8, 4) is 11.5 Å². The van der Waals surface area contributed by atoms with Crippen LogP contribution in [-0.2, 0) is 9.53 Å². The lowest BCUT2D eigenvalue weighted by molar-refractivity contribution is -0.119. The summed E-state index contributed by atoms with van der Waals surface area (Å²) in [5.41, 5.74) is 13.0. The van der Waals surface area contributed by atoms with E-state index in [4.69, 9.17) is 25.9 Å². The summed E-state index contributed by atoms with van der Waals surface area (Å²) >= 11 is 1.60. The summed E-state index contributed by atoms with van der Waals surface area (Å²) in [6, 6.07) is 7.38. The number of hydrogen-bond acceptors (Lipinski definition) is 8. The number of hydrogen-bond donors (Lipinski definition) is 2. The van der Waals surface area contributed by atoms with E-state index in [-0.39, 0.29) is 17.7 Å². The molecule has 0 spiro atoms. The van der Waals surface area contributed by atoms with Gasteiger partial charge < -0.3 is 20.9 Å². The van der Waals surface area contributed by atoms with Crippen LogP contribution < -0.4 is 16.2 Å². The minimum absolute atomic E-state index is 0.213. The van der Waals surface area contributed by atoms with E-state index in [2.05, 4.69) is 23.0 Å². The number of nitrogen functional groups attached to an aromatic ring is 1. The summed E-state index contributed by atoms with van der Waals surface area (Å²) in [5.74, 6) is 2.36. The van der Waals surface area contributed by atoms with E-state index in [9.17, 15) is 4.79 Å². The van der Waals surface area contributed by atoms with Crippen molar-refractivity contribution >= 4 is 45.2 Å². The molecule has 35 heavy (non-hydrogen) atoms. The molecular weight excluding hydrogens is 462 g/mol. The molecule has 3 atom stereocenters. The van der Waals surface area contributed by atoms with E-state index in [1.54, 1.807) is 43.0 Å². The van der Waals surface area contributed by atoms with Gasteiger partial charge in [-0.05, 0) is 55.2 Å². The Labute approximate surface area is 209 Å². The van der Waals surface area contributed by atoms with Gasteiger partial charge in [-0.1, -0.05) is 13.0 Å². The predicted molar refractivity (Wildman–Crippen MR) is 140 cm³/mol. The van der Waals surface area contributed by atoms with Gasteiger partial charge in [0.05, 0.1) is 27.0 Å². The van der Waals surface area contributed by atoms with Gasteiger partial charge in [-0.15, -0.1) is 11.3 Å². The Hall–Kier alpha value is -3.30. The number of nitrogens with two attached hydrogens (primary N) is 2. The van der Waals surface area contributed by atoms with Crippen molar-refractivity contribution in [2.45, 2.75) is 32.6 Å². The summed E-state index contributed by atoms with van der Waals surface area (Å²) in [4.78, 5) is 26.0. The number of aliphatic imine (C=N–C) groups is 1. The number of nitrogens with zero attached hydrogens (tertiary/aromatic N) is 3. The minimum Gasteiger partial charge on any atom is -0.454 e. The molecule has 3 aromatic rings. The van der Waals surface area contributed by atoms with Crippen molar-refractivity contribution in [2.24, 2.45) is 28.5 Å². The molecule has 0 saturated heterocycles. The molecule has 4 heterocycles. The number of thiophene rings is 1. The van der Waals surface area contributed by atoms with Crippen molar-refractivity contribution in [1.82, 2.24) is 9.97 Å². The zero-order chi connectivity index (χ0) is 24.8. The standard InChI is InChI=1S/C26H31N5O3S/c1-16(8-10-33-2)18(12-25(28)32)11-17-3-5-20(30-14-17)23-13-21-26(35-23)22(7-9-29-21)34-19-4-6-24(27)31-15-19/h4-7,9,13-18H,3,8,10-12H2,1-2H3,(H2,27,31)(H2,28,32). The maximum absolute atomic E-state index is 11.6. The van der Waals surface area contributed by atoms with Gasteiger partial charge in [-0.3, -0.25) is 14.8 Å². The molecule has 0 radical (unpaired) electrons. The number of rotatable bonds is 11. The Morgan fingerprint density at radius 2 is 2.14 bits per heavy atom. The molecule has 1 amide bonds. The normalized spacial score (nSPS) is 17.2. The van der Waals surface area contributed by atoms with Crippen LogP contribution in [0.3, 0.4) is 0 Å². The molecule has 9 heteroatoms. The number of amides is 1. The van der Waals surface area contributed by atoms with E-state index in [0.717, 1.165) is 45.8 Å². The van der Waals surface area contributed by atoms with Gasteiger partial charge in [-0.25, -0.2) is 4.98 Å². The Balaban J connectivity index is 1.46. The van der Waals surface area contributed by atoms with Crippen LogP contribution in [0.5, 0.6) is 11.5 Å². The number of anilines is 1. The molecule has 0 aromatic carbocycles. The van der Waals surface area contributed by atoms with Crippen LogP contribution in [-0.4, -0.2) is 35.8 Å². The lowest BCUT2D eigenvalue weighted by atomic mass is 9.80. The summed E-state index contributed by atoms with van der Waals surface area (Å²) in [5, 5.41) is 0. The first kappa shape index (κ1) is 24.8. The highest BCUT2D eigenvalue weighted by Crippen LogP contribution is 2.39. The molecule has 1 aliphatic heterocycles. The first-order valence-electron chi connectivity index (χ1n) is 11.7. The molecule has 184 valence electrons. The zero-order valence-corrected chi connectivity index (χ0v) is 20.8. The largest absolute Gasteiger partial charge is 0.454 e. The molecule has 0 saturated carbocycles. The summed E-state index contributed by atoms with van der Waals surface area (Å²) in [6.45, 7) is 2.85. The molecule has 1 aliphatic rings. The number of carbonyl (C=O) groups excluding carboxylic acids is 1. The SMILES string of the molecule is COCCC(C)C(CC(N)=O)CC1C=NC(c2cc3nccc(Oc4ccc(N)nc4)c3s2)=CC1. The molecule has 4 rings (SSSR count). The molecule has 4 N–H and O–H groups in total. The van der Waals surface area contributed by atoms with Gasteiger partial charge in [0.15, 0.2) is 0 Å². The van der Waals surface area contributed by atoms with Gasteiger partial charge in [0.2, 0.25) is 5.91 Å². The van der Waals surface area contributed by atoms with E-state index in [0.29, 0.717) is 30.5 Å². The van der Waals surface area contributed by atoms with Crippen molar-refractivity contribution in [3.63, 3.8) is 0 Å². The predicted octanol–water partition coefficient (Wildman–Crippen LogP) is 5.05. The van der Waals surface area contributed by atoms with Crippen LogP contribution in [0.4, 0.5) is 5.82 Å². The third-order valence-corrected chi connectivity index (χ3v) is 7.47. The molecule has 8 nitrogen and oxygen atoms in total. The maximum Gasteiger partial charge on any atom is 0.217 e. The highest BCUT2D eigenvalue weighted by Gasteiger charge is 2.24. The number of allylic oxidation sites excluding steroid dienone is 1. The maximum atomic E-state index is 11.6. The van der Waals surface area contributed by atoms with Crippen molar-refractivity contribution < 1.29 is 14.3 Å². The summed E-state index contributed by atoms with van der Waals surface area (Å²) in [6.07, 6.45) is 10.6. The number of ether oxygens (including phenoxy) is 2. The van der Waals surface area contributed by atoms with Crippen LogP contribution >= 0.6 is 11.3 Å². The molecule has 0 fully saturated rings. The van der Waals surface area contributed by atoms with Crippen molar-refractivity contribution in [3.05, 3.63) is 47.6 Å². The van der Waals surface area contributed by atoms with Gasteiger partial charge in [0, 0.05) is 38.6 Å². The third-order valence-electron chi connectivity index (χ3n) is 6.30. The molecular formula is C26H31N5O3S. The Kier molecular flexibility index (Phi) is 8.09. The lowest BCUT2D eigenvalue weighted by Crippen LogP contribution is -2.25. The first-order chi connectivity index (χ1) is 16.9. The Morgan fingerprint density at radius 3 is 2.83 bits per heavy atom. The zero-order valence-electron chi connectivity index (χ0n) is 20.0. The van der Waals surface area contributed by atoms with Crippen molar-refractivity contribution in [2.75, 3.05) is 19.5 Å². The topological polar surface area (TPSA) is 126 Å². The molecule has 3 unspecified atom stereocenters. The number of methoxy groups -OCH3 is 1. The summed E-state index contributed by atoms with van der Waals surface area (Å²) in [7, 11) is 1.70. The second kappa shape index (κ2) is 11.4. The second-order valence-electron chi connectivity index (χ2n) is 8.94. The number of primary amides is 1. The molecule has 0 bridgehead atoms. The summed E-state index contributed by atoms with van der Waals surface area (Å²) < 4.78 is 12.2. The van der Waals surface area contributed by atoms with Gasteiger partial charge in [-0.2, -0.15) is 0 Å². The van der Waals surface area contributed by atoms with Gasteiger partial charge in [0.25, 0.3) is 0 Å². The molecule has 0 aliphatic carbocycles. The average Bonchev–Trinajstić information content (AvgIpc) is 3.29. The van der Waals surface area contributed by atoms with E-state index in [1.807, 2.05) is 18.3 Å². The van der Waals surface area contributed by atoms with Crippen molar-refractivity contribution in [1.29, 1.82) is 0 Å². The monoisotopic (exact) mass is 493 g/mol. The fourth-order valence-corrected chi connectivity index (χ4v) is 5.35. The van der Waals surface area contributed by atoms with Crippen LogP contribution in [0.25, 0.3) is 15.9 Å². The average molecular weight is 494 g/mol. The van der Waals surface area contributed by atoms with E-state index >= 15 is 0 Å². The number of aromatic nitrogens is 2. The van der Waals surface area contributed by atoms with Gasteiger partial charge >= 0.3 is 0 Å². The number of carbonyl (C=O) groups is 1. The third kappa shape index (κ3) is 6.43. The Morgan fingerprint density at radius 1 is 1.29 bits per heavy atom. The second-order valence-corrected chi connectivity index (χ2v) is 10.00. The first-order valence-corrected chi connectivity index (χ1v) is 12.5. The highest BCUT2D eigenvalue weighted by molar-refractivity contribution is 7.20. The van der Waals surface area contributed by atoms with Crippen LogP contribution in [0, 0.1) is 17.8 Å². The highest BCUT2D eigenvalue weighted by atomic mass is 32.1. The van der Waals surface area contributed by atoms with Crippen LogP contribution in [0.15, 0.2) is 47.7 Å². The fourth-order valence-electron chi connectivity index (χ4n) is 4.29. The fraction of sp³-hybridized carbons (Fsp3) is 0.385. The van der Waals surface area contributed by atoms with Crippen LogP contribution in [0.1, 0.15) is 37.5 Å². The minimum atomic E-state index is -0.256. The van der Waals surface area contributed by atoms with E-state index < -0.39 is 0 Å². The van der Waals surface area contributed by atoms with E-state index in [1.165, 1.54) is 0 Å².